The number of aryl methyl sites for hydroxylation is 1. The highest BCUT2D eigenvalue weighted by Gasteiger charge is 2.30. The lowest BCUT2D eigenvalue weighted by Crippen LogP contribution is -2.28. The van der Waals surface area contributed by atoms with Crippen molar-refractivity contribution in [3.05, 3.63) is 92.6 Å². The predicted octanol–water partition coefficient (Wildman–Crippen LogP) is 6.31. The number of thiophene rings is 1. The van der Waals surface area contributed by atoms with Crippen molar-refractivity contribution < 1.29 is 4.74 Å². The van der Waals surface area contributed by atoms with Gasteiger partial charge >= 0.3 is 0 Å². The Morgan fingerprint density at radius 2 is 2.00 bits per heavy atom. The van der Waals surface area contributed by atoms with E-state index in [4.69, 9.17) is 4.74 Å². The molecule has 188 valence electrons. The van der Waals surface area contributed by atoms with Gasteiger partial charge in [0.1, 0.15) is 4.83 Å². The average Bonchev–Trinajstić information content (AvgIpc) is 3.48. The third-order valence-electron chi connectivity index (χ3n) is 6.76. The average molecular weight is 529 g/mol. The molecule has 1 atom stereocenters. The van der Waals surface area contributed by atoms with E-state index >= 15 is 0 Å². The Morgan fingerprint density at radius 1 is 1.16 bits per heavy atom. The zero-order valence-electron chi connectivity index (χ0n) is 21.0. The first-order valence-electron chi connectivity index (χ1n) is 12.5. The summed E-state index contributed by atoms with van der Waals surface area (Å²) >= 11 is 3.25. The summed E-state index contributed by atoms with van der Waals surface area (Å²) in [6, 6.07) is 18.2. The Bertz CT molecular complexity index is 1680. The van der Waals surface area contributed by atoms with Gasteiger partial charge in [0.25, 0.3) is 5.56 Å². The van der Waals surface area contributed by atoms with Gasteiger partial charge in [0, 0.05) is 17.1 Å². The number of hydrogen-bond donors (Lipinski definition) is 0. The van der Waals surface area contributed by atoms with Gasteiger partial charge in [0.15, 0.2) is 5.16 Å². The fraction of sp³-hybridized carbons (Fsp3) is 0.276. The molecule has 0 radical (unpaired) electrons. The van der Waals surface area contributed by atoms with Gasteiger partial charge in [-0.05, 0) is 41.7 Å². The van der Waals surface area contributed by atoms with Crippen molar-refractivity contribution >= 4 is 45.2 Å². The van der Waals surface area contributed by atoms with Crippen molar-refractivity contribution in [1.82, 2.24) is 19.2 Å². The molecule has 0 saturated heterocycles. The van der Waals surface area contributed by atoms with E-state index in [-0.39, 0.29) is 11.7 Å². The quantitative estimate of drug-likeness (QED) is 0.242. The summed E-state index contributed by atoms with van der Waals surface area (Å²) in [7, 11) is 0. The molecule has 0 N–H and O–H groups in total. The molecule has 0 saturated carbocycles. The van der Waals surface area contributed by atoms with E-state index < -0.39 is 0 Å². The van der Waals surface area contributed by atoms with Gasteiger partial charge in [0.2, 0.25) is 5.78 Å². The smallest absolute Gasteiger partial charge is 0.268 e. The minimum Gasteiger partial charge on any atom is -0.372 e. The maximum absolute atomic E-state index is 14.1. The second-order valence-electron chi connectivity index (χ2n) is 9.70. The van der Waals surface area contributed by atoms with Gasteiger partial charge in [0.05, 0.1) is 23.8 Å². The minimum absolute atomic E-state index is 0.0390. The molecule has 8 heteroatoms. The van der Waals surface area contributed by atoms with Crippen LogP contribution in [0.3, 0.4) is 0 Å². The third kappa shape index (κ3) is 4.43. The first-order chi connectivity index (χ1) is 18.0. The van der Waals surface area contributed by atoms with E-state index in [1.165, 1.54) is 0 Å². The van der Waals surface area contributed by atoms with Crippen LogP contribution in [0.2, 0.25) is 0 Å². The predicted molar refractivity (Wildman–Crippen MR) is 152 cm³/mol. The zero-order valence-corrected chi connectivity index (χ0v) is 22.7. The van der Waals surface area contributed by atoms with E-state index in [2.05, 4.69) is 52.7 Å². The number of nitrogens with zero attached hydrogens (tertiary/aromatic N) is 4. The molecule has 0 spiro atoms. The van der Waals surface area contributed by atoms with Crippen molar-refractivity contribution in [1.29, 1.82) is 0 Å². The number of ether oxygens (including phenoxy) is 1. The van der Waals surface area contributed by atoms with Gasteiger partial charge in [-0.3, -0.25) is 4.79 Å². The van der Waals surface area contributed by atoms with Gasteiger partial charge in [-0.25, -0.2) is 8.97 Å². The summed E-state index contributed by atoms with van der Waals surface area (Å²) in [5.74, 6) is 1.66. The number of benzene rings is 2. The summed E-state index contributed by atoms with van der Waals surface area (Å²) in [5, 5.41) is 10.6. The Morgan fingerprint density at radius 3 is 2.78 bits per heavy atom. The molecule has 37 heavy (non-hydrogen) atoms. The summed E-state index contributed by atoms with van der Waals surface area (Å²) in [5.41, 5.74) is 4.13. The van der Waals surface area contributed by atoms with Gasteiger partial charge in [-0.1, -0.05) is 80.2 Å². The zero-order chi connectivity index (χ0) is 25.5. The van der Waals surface area contributed by atoms with Crippen molar-refractivity contribution in [2.45, 2.75) is 45.1 Å². The molecule has 6 rings (SSSR count). The van der Waals surface area contributed by atoms with E-state index in [0.717, 1.165) is 54.8 Å². The topological polar surface area (TPSA) is 61.4 Å². The van der Waals surface area contributed by atoms with Gasteiger partial charge in [-0.15, -0.1) is 21.5 Å². The lowest BCUT2D eigenvalue weighted by atomic mass is 9.96. The maximum atomic E-state index is 14.1. The first-order valence-corrected chi connectivity index (χ1v) is 14.3. The second-order valence-corrected chi connectivity index (χ2v) is 11.8. The standard InChI is InChI=1S/C29H28N4O2S2/c1-18(2)23-16-22-24(17-35-23)37-27-25(22)26(34)32(21-13-7-9-19(3)15-21)28-30-31-29(33(27)28)36-14-8-12-20-10-5-4-6-11-20/h4-13,15,18,23H,14,16-17H2,1-3H3. The lowest BCUT2D eigenvalue weighted by molar-refractivity contribution is 0.00200. The van der Waals surface area contributed by atoms with Crippen LogP contribution in [0, 0.1) is 12.8 Å². The first kappa shape index (κ1) is 24.2. The fourth-order valence-corrected chi connectivity index (χ4v) is 6.87. The Kier molecular flexibility index (Phi) is 6.48. The van der Waals surface area contributed by atoms with Crippen LogP contribution in [0.15, 0.2) is 70.6 Å². The van der Waals surface area contributed by atoms with Crippen LogP contribution >= 0.6 is 23.1 Å². The SMILES string of the molecule is Cc1cccc(-n2c(=O)c3c4c(sc3n3c(SCC=Cc5ccccc5)nnc23)COC(C(C)C)C4)c1. The molecular weight excluding hydrogens is 500 g/mol. The molecule has 2 aromatic carbocycles. The highest BCUT2D eigenvalue weighted by molar-refractivity contribution is 7.99. The van der Waals surface area contributed by atoms with Crippen LogP contribution in [-0.2, 0) is 17.8 Å². The van der Waals surface area contributed by atoms with Crippen molar-refractivity contribution in [3.63, 3.8) is 0 Å². The summed E-state index contributed by atoms with van der Waals surface area (Å²) in [6.07, 6.45) is 5.09. The van der Waals surface area contributed by atoms with Crippen molar-refractivity contribution in [3.8, 4) is 5.69 Å². The number of rotatable bonds is 6. The number of aromatic nitrogens is 4. The number of thioether (sulfide) groups is 1. The normalized spacial score (nSPS) is 15.8. The summed E-state index contributed by atoms with van der Waals surface area (Å²) in [4.78, 5) is 16.1. The van der Waals surface area contributed by atoms with Crippen LogP contribution in [0.1, 0.15) is 35.4 Å². The molecule has 0 bridgehead atoms. The lowest BCUT2D eigenvalue weighted by Gasteiger charge is -2.26. The fourth-order valence-electron chi connectivity index (χ4n) is 4.83. The Balaban J connectivity index is 1.51. The molecule has 0 fully saturated rings. The number of hydrogen-bond acceptors (Lipinski definition) is 6. The molecule has 3 aromatic heterocycles. The number of fused-ring (bicyclic) bond motifs is 5. The van der Waals surface area contributed by atoms with Crippen molar-refractivity contribution in [2.75, 3.05) is 5.75 Å². The molecule has 1 aliphatic rings. The van der Waals surface area contributed by atoms with Crippen LogP contribution in [0.4, 0.5) is 0 Å². The largest absolute Gasteiger partial charge is 0.372 e. The molecule has 1 aliphatic heterocycles. The monoisotopic (exact) mass is 528 g/mol. The van der Waals surface area contributed by atoms with Crippen LogP contribution in [0.25, 0.3) is 27.8 Å². The Hall–Kier alpha value is -3.20. The molecule has 5 aromatic rings. The molecule has 0 aliphatic carbocycles. The van der Waals surface area contributed by atoms with Crippen molar-refractivity contribution in [2.24, 2.45) is 5.92 Å². The minimum atomic E-state index is -0.0390. The third-order valence-corrected chi connectivity index (χ3v) is 8.84. The Labute approximate surface area is 223 Å². The molecule has 0 amide bonds. The van der Waals surface area contributed by atoms with E-state index in [1.54, 1.807) is 27.7 Å². The molecular formula is C29H28N4O2S2. The molecule has 1 unspecified atom stereocenters. The van der Waals surface area contributed by atoms with E-state index in [0.29, 0.717) is 18.3 Å². The highest BCUT2D eigenvalue weighted by atomic mass is 32.2. The van der Waals surface area contributed by atoms with Gasteiger partial charge < -0.3 is 4.74 Å². The summed E-state index contributed by atoms with van der Waals surface area (Å²) in [6.45, 7) is 6.91. The van der Waals surface area contributed by atoms with Gasteiger partial charge in [-0.2, -0.15) is 0 Å². The second kappa shape index (κ2) is 9.93. The highest BCUT2D eigenvalue weighted by Crippen LogP contribution is 2.37. The van der Waals surface area contributed by atoms with E-state index in [9.17, 15) is 4.79 Å². The molecule has 6 nitrogen and oxygen atoms in total. The molecule has 4 heterocycles. The summed E-state index contributed by atoms with van der Waals surface area (Å²) < 4.78 is 9.94. The van der Waals surface area contributed by atoms with Crippen LogP contribution in [0.5, 0.6) is 0 Å². The van der Waals surface area contributed by atoms with E-state index in [1.807, 2.05) is 49.4 Å². The van der Waals surface area contributed by atoms with Crippen LogP contribution < -0.4 is 5.56 Å². The maximum Gasteiger partial charge on any atom is 0.268 e. The van der Waals surface area contributed by atoms with Crippen LogP contribution in [-0.4, -0.2) is 31.0 Å².